The van der Waals surface area contributed by atoms with Crippen molar-refractivity contribution in [1.82, 2.24) is 5.32 Å². The molecule has 0 aliphatic heterocycles. The van der Waals surface area contributed by atoms with Crippen molar-refractivity contribution < 1.29 is 38.7 Å². The van der Waals surface area contributed by atoms with E-state index < -0.39 is 40.5 Å². The van der Waals surface area contributed by atoms with Gasteiger partial charge in [-0.2, -0.15) is 18.4 Å². The van der Waals surface area contributed by atoms with Crippen LogP contribution in [0, 0.1) is 11.3 Å². The number of nitrogens with zero attached hydrogens (tertiary/aromatic N) is 1. The number of hydrogen-bond acceptors (Lipinski definition) is 7. The van der Waals surface area contributed by atoms with Crippen molar-refractivity contribution >= 4 is 23.3 Å². The van der Waals surface area contributed by atoms with Crippen molar-refractivity contribution in [3.8, 4) is 34.8 Å². The summed E-state index contributed by atoms with van der Waals surface area (Å²) in [6, 6.07) is 5.35. The Hall–Kier alpha value is -3.65. The van der Waals surface area contributed by atoms with Crippen LogP contribution >= 0.6 is 12.2 Å². The monoisotopic (exact) mass is 426 g/mol. The van der Waals surface area contributed by atoms with Gasteiger partial charge in [0, 0.05) is 6.54 Å². The van der Waals surface area contributed by atoms with Gasteiger partial charge in [-0.15, -0.1) is 0 Å². The maximum Gasteiger partial charge on any atom is 0.420 e. The predicted octanol–water partition coefficient (Wildman–Crippen LogP) is 3.26. The lowest BCUT2D eigenvalue weighted by atomic mass is 10.1. The molecule has 0 saturated carbocycles. The van der Waals surface area contributed by atoms with E-state index in [1.54, 1.807) is 6.07 Å². The smallest absolute Gasteiger partial charge is 0.420 e. The van der Waals surface area contributed by atoms with Crippen LogP contribution in [0.2, 0.25) is 0 Å². The third-order valence-electron chi connectivity index (χ3n) is 3.68. The Morgan fingerprint density at radius 3 is 2.07 bits per heavy atom. The predicted molar refractivity (Wildman–Crippen MR) is 99.2 cm³/mol. The van der Waals surface area contributed by atoms with E-state index in [0.29, 0.717) is 11.6 Å². The number of halogens is 3. The molecule has 152 valence electrons. The fourth-order valence-corrected chi connectivity index (χ4v) is 2.47. The average molecular weight is 426 g/mol. The van der Waals surface area contributed by atoms with Crippen LogP contribution in [0.5, 0.6) is 28.7 Å². The average Bonchev–Trinajstić information content (AvgIpc) is 2.63. The highest BCUT2D eigenvalue weighted by Crippen LogP contribution is 2.41. The van der Waals surface area contributed by atoms with Crippen LogP contribution in [0.15, 0.2) is 29.8 Å². The van der Waals surface area contributed by atoms with E-state index >= 15 is 0 Å². The number of hydrogen-bond donors (Lipinski definition) is 6. The van der Waals surface area contributed by atoms with Crippen LogP contribution in [0.4, 0.5) is 13.2 Å². The van der Waals surface area contributed by atoms with E-state index in [1.165, 1.54) is 0 Å². The van der Waals surface area contributed by atoms with Gasteiger partial charge in [-0.25, -0.2) is 0 Å². The first kappa shape index (κ1) is 21.6. The fraction of sp³-hybridized carbons (Fsp3) is 0.111. The van der Waals surface area contributed by atoms with Crippen LogP contribution in [0.25, 0.3) is 6.08 Å². The number of rotatable bonds is 4. The normalized spacial score (nSPS) is 11.7. The number of phenols is 5. The Kier molecular flexibility index (Phi) is 6.09. The summed E-state index contributed by atoms with van der Waals surface area (Å²) in [5.74, 6) is -4.22. The minimum atomic E-state index is -4.93. The summed E-state index contributed by atoms with van der Waals surface area (Å²) < 4.78 is 38.8. The lowest BCUT2D eigenvalue weighted by Crippen LogP contribution is -2.22. The number of alkyl halides is 3. The number of nitrogens with one attached hydrogen (secondary N) is 1. The maximum absolute atomic E-state index is 12.9. The fourth-order valence-electron chi connectivity index (χ4n) is 2.30. The highest BCUT2D eigenvalue weighted by atomic mass is 32.1. The maximum atomic E-state index is 12.9. The molecule has 0 unspecified atom stereocenters. The minimum Gasteiger partial charge on any atom is -0.504 e. The second-order valence-electron chi connectivity index (χ2n) is 5.77. The van der Waals surface area contributed by atoms with Gasteiger partial charge in [0.25, 0.3) is 0 Å². The molecule has 2 rings (SSSR count). The number of benzene rings is 2. The molecule has 0 spiro atoms. The molecule has 29 heavy (non-hydrogen) atoms. The van der Waals surface area contributed by atoms with E-state index in [0.717, 1.165) is 24.3 Å². The van der Waals surface area contributed by atoms with Crippen molar-refractivity contribution in [3.05, 3.63) is 46.5 Å². The zero-order valence-corrected chi connectivity index (χ0v) is 15.1. The number of phenolic OH excluding ortho intramolecular Hbond substituents is 5. The van der Waals surface area contributed by atoms with Gasteiger partial charge in [0.05, 0.1) is 5.57 Å². The second-order valence-corrected chi connectivity index (χ2v) is 6.18. The Morgan fingerprint density at radius 2 is 1.55 bits per heavy atom. The van der Waals surface area contributed by atoms with Gasteiger partial charge in [-0.05, 0) is 41.5 Å². The Morgan fingerprint density at radius 1 is 1.00 bits per heavy atom. The molecule has 11 heteroatoms. The molecule has 6 N–H and O–H groups in total. The zero-order chi connectivity index (χ0) is 21.9. The van der Waals surface area contributed by atoms with Gasteiger partial charge < -0.3 is 30.8 Å². The first-order valence-corrected chi connectivity index (χ1v) is 8.11. The van der Waals surface area contributed by atoms with Gasteiger partial charge >= 0.3 is 6.18 Å². The molecule has 0 saturated heterocycles. The van der Waals surface area contributed by atoms with E-state index in [4.69, 9.17) is 12.2 Å². The van der Waals surface area contributed by atoms with Crippen molar-refractivity contribution in [2.24, 2.45) is 0 Å². The van der Waals surface area contributed by atoms with Crippen molar-refractivity contribution in [1.29, 1.82) is 5.26 Å². The first-order chi connectivity index (χ1) is 13.4. The van der Waals surface area contributed by atoms with Gasteiger partial charge in [0.2, 0.25) is 0 Å². The SMILES string of the molecule is N#C/C(=C\c1cc(O)c(O)c(C(F)(F)F)c1)C(=S)NCc1cc(O)c(O)c(O)c1. The summed E-state index contributed by atoms with van der Waals surface area (Å²) in [5.41, 5.74) is -1.66. The highest BCUT2D eigenvalue weighted by Gasteiger charge is 2.35. The summed E-state index contributed by atoms with van der Waals surface area (Å²) in [6.45, 7) is -0.0894. The van der Waals surface area contributed by atoms with Crippen LogP contribution in [0.1, 0.15) is 16.7 Å². The summed E-state index contributed by atoms with van der Waals surface area (Å²) >= 11 is 5.02. The molecule has 0 aliphatic rings. The lowest BCUT2D eigenvalue weighted by Gasteiger charge is -2.12. The second kappa shape index (κ2) is 8.15. The Labute approximate surface area is 167 Å². The topological polar surface area (TPSA) is 137 Å². The summed E-state index contributed by atoms with van der Waals surface area (Å²) in [4.78, 5) is -0.166. The summed E-state index contributed by atoms with van der Waals surface area (Å²) in [6.07, 6.45) is -3.95. The molecular formula is C18H13F3N2O5S. The van der Waals surface area contributed by atoms with Crippen LogP contribution in [-0.4, -0.2) is 30.5 Å². The van der Waals surface area contributed by atoms with Gasteiger partial charge in [-0.3, -0.25) is 0 Å². The third-order valence-corrected chi connectivity index (χ3v) is 4.04. The zero-order valence-electron chi connectivity index (χ0n) is 14.3. The van der Waals surface area contributed by atoms with E-state index in [-0.39, 0.29) is 22.7 Å². The van der Waals surface area contributed by atoms with Crippen LogP contribution in [0.3, 0.4) is 0 Å². The molecule has 0 atom stereocenters. The van der Waals surface area contributed by atoms with Crippen LogP contribution in [-0.2, 0) is 12.7 Å². The molecule has 0 bridgehead atoms. The minimum absolute atomic E-state index is 0.0894. The molecule has 0 aliphatic carbocycles. The Balaban J connectivity index is 2.27. The van der Waals surface area contributed by atoms with E-state index in [2.05, 4.69) is 5.32 Å². The van der Waals surface area contributed by atoms with Gasteiger partial charge in [0.1, 0.15) is 16.6 Å². The molecule has 0 aromatic heterocycles. The Bertz CT molecular complexity index is 1020. The molecule has 0 fully saturated rings. The summed E-state index contributed by atoms with van der Waals surface area (Å²) in [5, 5.41) is 59.0. The lowest BCUT2D eigenvalue weighted by molar-refractivity contribution is -0.138. The molecule has 0 radical (unpaired) electrons. The highest BCUT2D eigenvalue weighted by molar-refractivity contribution is 7.80. The molecule has 2 aromatic rings. The van der Waals surface area contributed by atoms with E-state index in [9.17, 15) is 44.0 Å². The molecule has 0 amide bonds. The first-order valence-electron chi connectivity index (χ1n) is 7.71. The van der Waals surface area contributed by atoms with E-state index in [1.807, 2.05) is 0 Å². The molecular weight excluding hydrogens is 413 g/mol. The molecule has 7 nitrogen and oxygen atoms in total. The van der Waals surface area contributed by atoms with Gasteiger partial charge in [0.15, 0.2) is 28.7 Å². The van der Waals surface area contributed by atoms with Gasteiger partial charge in [-0.1, -0.05) is 12.2 Å². The molecule has 2 aromatic carbocycles. The summed E-state index contributed by atoms with van der Waals surface area (Å²) in [7, 11) is 0. The molecule has 0 heterocycles. The van der Waals surface area contributed by atoms with Crippen molar-refractivity contribution in [2.75, 3.05) is 0 Å². The number of aromatic hydroxyl groups is 5. The number of nitriles is 1. The van der Waals surface area contributed by atoms with Crippen molar-refractivity contribution in [2.45, 2.75) is 12.7 Å². The standard InChI is InChI=1S/C18H13F3N2O5S/c19-18(20,21)11-2-8(3-12(24)15(11)27)1-10(6-22)17(29)23-7-9-4-13(25)16(28)14(26)5-9/h1-5,24-28H,7H2,(H,23,29)/b10-1+. The quantitative estimate of drug-likeness (QED) is 0.190. The van der Waals surface area contributed by atoms with Crippen molar-refractivity contribution in [3.63, 3.8) is 0 Å². The third kappa shape index (κ3) is 4.99. The van der Waals surface area contributed by atoms with Crippen LogP contribution < -0.4 is 5.32 Å². The largest absolute Gasteiger partial charge is 0.504 e. The number of thiocarbonyl (C=S) groups is 1.